The van der Waals surface area contributed by atoms with E-state index in [1.165, 1.54) is 24.2 Å². The van der Waals surface area contributed by atoms with E-state index >= 15 is 0 Å². The van der Waals surface area contributed by atoms with Crippen LogP contribution in [0.15, 0.2) is 42.5 Å². The van der Waals surface area contributed by atoms with Gasteiger partial charge in [0.05, 0.1) is 12.6 Å². The molecule has 2 fully saturated rings. The van der Waals surface area contributed by atoms with Crippen LogP contribution in [0.4, 0.5) is 17.2 Å². The molecule has 0 spiro atoms. The summed E-state index contributed by atoms with van der Waals surface area (Å²) in [7, 11) is 5.87. The van der Waals surface area contributed by atoms with Gasteiger partial charge in [0.25, 0.3) is 0 Å². The smallest absolute Gasteiger partial charge is 0.140 e. The molecule has 6 nitrogen and oxygen atoms in total. The van der Waals surface area contributed by atoms with Crippen molar-refractivity contribution in [3.05, 3.63) is 48.3 Å². The number of ether oxygens (including phenoxy) is 1. The van der Waals surface area contributed by atoms with Crippen LogP contribution in [0.1, 0.15) is 24.6 Å². The largest absolute Gasteiger partial charge is 0.497 e. The summed E-state index contributed by atoms with van der Waals surface area (Å²) in [4.78, 5) is 17.0. The molecule has 1 saturated carbocycles. The molecule has 2 aliphatic rings. The summed E-state index contributed by atoms with van der Waals surface area (Å²) in [5.41, 5.74) is 3.46. The highest BCUT2D eigenvalue weighted by atomic mass is 16.5. The average molecular weight is 404 g/mol. The van der Waals surface area contributed by atoms with E-state index in [2.05, 4.69) is 65.2 Å². The van der Waals surface area contributed by atoms with Crippen molar-refractivity contribution in [1.29, 1.82) is 0 Å². The Morgan fingerprint density at radius 2 is 1.70 bits per heavy atom. The summed E-state index contributed by atoms with van der Waals surface area (Å²) >= 11 is 0. The van der Waals surface area contributed by atoms with Gasteiger partial charge in [-0.15, -0.1) is 0 Å². The van der Waals surface area contributed by atoms with Crippen LogP contribution in [-0.2, 0) is 0 Å². The number of anilines is 3. The van der Waals surface area contributed by atoms with Gasteiger partial charge in [-0.2, -0.15) is 0 Å². The fourth-order valence-electron chi connectivity index (χ4n) is 4.14. The summed E-state index contributed by atoms with van der Waals surface area (Å²) in [6, 6.07) is 14.9. The van der Waals surface area contributed by atoms with Gasteiger partial charge in [0, 0.05) is 69.0 Å². The van der Waals surface area contributed by atoms with Crippen LogP contribution in [0.2, 0.25) is 0 Å². The van der Waals surface area contributed by atoms with Gasteiger partial charge in [0.15, 0.2) is 0 Å². The van der Waals surface area contributed by atoms with Gasteiger partial charge >= 0.3 is 0 Å². The van der Waals surface area contributed by atoms with E-state index in [0.29, 0.717) is 5.92 Å². The summed E-state index contributed by atoms with van der Waals surface area (Å²) < 4.78 is 5.40. The molecule has 0 bridgehead atoms. The molecule has 156 valence electrons. The SMILES string of the molecule is COc1cccc(N2CCN(c3nc(C4CC4)nc4ccc(N(C)C)cc34)CC2)c1. The maximum Gasteiger partial charge on any atom is 0.140 e. The minimum absolute atomic E-state index is 0.541. The number of hydrogen-bond donors (Lipinski definition) is 0. The molecule has 6 heteroatoms. The molecule has 0 radical (unpaired) electrons. The van der Waals surface area contributed by atoms with Gasteiger partial charge in [0.2, 0.25) is 0 Å². The van der Waals surface area contributed by atoms with E-state index in [4.69, 9.17) is 14.7 Å². The van der Waals surface area contributed by atoms with Gasteiger partial charge in [-0.1, -0.05) is 6.07 Å². The van der Waals surface area contributed by atoms with E-state index in [1.54, 1.807) is 7.11 Å². The van der Waals surface area contributed by atoms with Crippen LogP contribution in [0.3, 0.4) is 0 Å². The Kier molecular flexibility index (Phi) is 4.85. The second-order valence-corrected chi connectivity index (χ2v) is 8.45. The molecule has 0 amide bonds. The maximum atomic E-state index is 5.40. The molecule has 30 heavy (non-hydrogen) atoms. The molecule has 2 heterocycles. The van der Waals surface area contributed by atoms with Crippen molar-refractivity contribution in [2.75, 3.05) is 62.1 Å². The summed E-state index contributed by atoms with van der Waals surface area (Å²) in [5.74, 6) is 3.56. The van der Waals surface area contributed by atoms with Crippen molar-refractivity contribution in [3.8, 4) is 5.75 Å². The number of hydrogen-bond acceptors (Lipinski definition) is 6. The Labute approximate surface area is 178 Å². The number of methoxy groups -OCH3 is 1. The Morgan fingerprint density at radius 1 is 0.933 bits per heavy atom. The molecule has 2 aromatic carbocycles. The molecular formula is C24H29N5O. The molecular weight excluding hydrogens is 374 g/mol. The molecule has 1 aliphatic carbocycles. The quantitative estimate of drug-likeness (QED) is 0.644. The fraction of sp³-hybridized carbons (Fsp3) is 0.417. The van der Waals surface area contributed by atoms with Crippen LogP contribution in [-0.4, -0.2) is 57.4 Å². The highest BCUT2D eigenvalue weighted by Gasteiger charge is 2.29. The summed E-state index contributed by atoms with van der Waals surface area (Å²) in [6.45, 7) is 3.81. The van der Waals surface area contributed by atoms with Crippen molar-refractivity contribution in [3.63, 3.8) is 0 Å². The number of aromatic nitrogens is 2. The normalized spacial score (nSPS) is 16.8. The third kappa shape index (κ3) is 3.62. The van der Waals surface area contributed by atoms with Gasteiger partial charge in [0.1, 0.15) is 17.4 Å². The molecule has 1 saturated heterocycles. The van der Waals surface area contributed by atoms with Crippen LogP contribution >= 0.6 is 0 Å². The maximum absolute atomic E-state index is 5.40. The highest BCUT2D eigenvalue weighted by Crippen LogP contribution is 2.40. The van der Waals surface area contributed by atoms with Crippen LogP contribution in [0.25, 0.3) is 10.9 Å². The molecule has 1 aliphatic heterocycles. The van der Waals surface area contributed by atoms with E-state index in [9.17, 15) is 0 Å². The van der Waals surface area contributed by atoms with Crippen LogP contribution in [0.5, 0.6) is 5.75 Å². The van der Waals surface area contributed by atoms with E-state index in [0.717, 1.165) is 54.5 Å². The third-order valence-corrected chi connectivity index (χ3v) is 6.13. The Morgan fingerprint density at radius 3 is 2.40 bits per heavy atom. The first-order valence-corrected chi connectivity index (χ1v) is 10.8. The Balaban J connectivity index is 1.44. The zero-order valence-corrected chi connectivity index (χ0v) is 18.0. The third-order valence-electron chi connectivity index (χ3n) is 6.13. The summed E-state index contributed by atoms with van der Waals surface area (Å²) in [6.07, 6.45) is 2.43. The number of piperazine rings is 1. The second-order valence-electron chi connectivity index (χ2n) is 8.45. The standard InChI is InChI=1S/C24H29N5O/c1-27(2)18-9-10-22-21(16-18)24(26-23(25-22)17-7-8-17)29-13-11-28(12-14-29)19-5-4-6-20(15-19)30-3/h4-6,9-10,15-17H,7-8,11-14H2,1-3H3. The van der Waals surface area contributed by atoms with Crippen molar-refractivity contribution < 1.29 is 4.74 Å². The molecule has 1 aromatic heterocycles. The van der Waals surface area contributed by atoms with Gasteiger partial charge in [-0.25, -0.2) is 9.97 Å². The lowest BCUT2D eigenvalue weighted by atomic mass is 10.1. The number of rotatable bonds is 5. The molecule has 3 aromatic rings. The Bertz CT molecular complexity index is 1050. The molecule has 0 unspecified atom stereocenters. The van der Waals surface area contributed by atoms with E-state index in [-0.39, 0.29) is 0 Å². The first-order valence-electron chi connectivity index (χ1n) is 10.8. The van der Waals surface area contributed by atoms with Crippen molar-refractivity contribution in [2.24, 2.45) is 0 Å². The first-order chi connectivity index (χ1) is 14.6. The van der Waals surface area contributed by atoms with Crippen molar-refractivity contribution in [1.82, 2.24) is 9.97 Å². The monoisotopic (exact) mass is 403 g/mol. The predicted molar refractivity (Wildman–Crippen MR) is 123 cm³/mol. The highest BCUT2D eigenvalue weighted by molar-refractivity contribution is 5.92. The van der Waals surface area contributed by atoms with E-state index in [1.807, 2.05) is 6.07 Å². The lowest BCUT2D eigenvalue weighted by Gasteiger charge is -2.37. The average Bonchev–Trinajstić information content (AvgIpc) is 3.63. The summed E-state index contributed by atoms with van der Waals surface area (Å²) in [5, 5.41) is 1.15. The van der Waals surface area contributed by atoms with E-state index < -0.39 is 0 Å². The van der Waals surface area contributed by atoms with Crippen molar-refractivity contribution >= 4 is 28.1 Å². The van der Waals surface area contributed by atoms with Gasteiger partial charge in [-0.05, 0) is 43.2 Å². The number of benzene rings is 2. The fourth-order valence-corrected chi connectivity index (χ4v) is 4.14. The minimum atomic E-state index is 0.541. The molecule has 0 N–H and O–H groups in total. The van der Waals surface area contributed by atoms with Crippen LogP contribution < -0.4 is 19.4 Å². The zero-order valence-electron chi connectivity index (χ0n) is 18.0. The van der Waals surface area contributed by atoms with Crippen LogP contribution in [0, 0.1) is 0 Å². The van der Waals surface area contributed by atoms with Gasteiger partial charge in [-0.3, -0.25) is 0 Å². The predicted octanol–water partition coefficient (Wildman–Crippen LogP) is 3.91. The lowest BCUT2D eigenvalue weighted by molar-refractivity contribution is 0.414. The molecule has 0 atom stereocenters. The second kappa shape index (κ2) is 7.67. The molecule has 5 rings (SSSR count). The number of fused-ring (bicyclic) bond motifs is 1. The Hall–Kier alpha value is -3.02. The number of nitrogens with zero attached hydrogens (tertiary/aromatic N) is 5. The topological polar surface area (TPSA) is 44.7 Å². The lowest BCUT2D eigenvalue weighted by Crippen LogP contribution is -2.47. The minimum Gasteiger partial charge on any atom is -0.497 e. The zero-order chi connectivity index (χ0) is 20.7. The first kappa shape index (κ1) is 19.0. The van der Waals surface area contributed by atoms with Gasteiger partial charge < -0.3 is 19.4 Å². The van der Waals surface area contributed by atoms with Crippen molar-refractivity contribution in [2.45, 2.75) is 18.8 Å².